The van der Waals surface area contributed by atoms with Crippen molar-refractivity contribution in [3.8, 4) is 0 Å². The van der Waals surface area contributed by atoms with Crippen molar-refractivity contribution in [2.24, 2.45) is 0 Å². The molecule has 0 atom stereocenters. The van der Waals surface area contributed by atoms with Gasteiger partial charge in [-0.05, 0) is 12.2 Å². The van der Waals surface area contributed by atoms with Crippen LogP contribution >= 0.6 is 27.1 Å². The predicted octanol–water partition coefficient (Wildman–Crippen LogP) is 4.51. The summed E-state index contributed by atoms with van der Waals surface area (Å²) in [5, 5.41) is 1.17. The Balaban J connectivity index is 3.76. The Bertz CT molecular complexity index is 96.4. The van der Waals surface area contributed by atoms with Crippen LogP contribution in [-0.4, -0.2) is 18.3 Å². The topological polar surface area (TPSA) is 0 Å². The molecule has 0 fully saturated rings. The minimum Gasteiger partial charge on any atom is -0.185 e. The fraction of sp³-hybridized carbons (Fsp3) is 1.00. The number of halogens is 1. The summed E-state index contributed by atoms with van der Waals surface area (Å²) in [6.07, 6.45) is 1.33. The standard InChI is InChI=1S/C9H21BrSSi/c1-4-12(5-2,6-3)11-9-7-8-10/h4-9H2,1-3H3. The van der Waals surface area contributed by atoms with Crippen molar-refractivity contribution in [3.63, 3.8) is 0 Å². The molecule has 0 unspecified atom stereocenters. The molecule has 0 amide bonds. The normalized spacial score (nSPS) is 12.0. The molecule has 0 bridgehead atoms. The molecule has 0 aromatic heterocycles. The van der Waals surface area contributed by atoms with E-state index in [0.29, 0.717) is 0 Å². The molecule has 3 heteroatoms. The molecule has 0 radical (unpaired) electrons. The van der Waals surface area contributed by atoms with Crippen LogP contribution < -0.4 is 0 Å². The van der Waals surface area contributed by atoms with Crippen molar-refractivity contribution in [2.45, 2.75) is 45.3 Å². The van der Waals surface area contributed by atoms with E-state index in [2.05, 4.69) is 47.9 Å². The summed E-state index contributed by atoms with van der Waals surface area (Å²) in [4.78, 5) is 0. The van der Waals surface area contributed by atoms with Gasteiger partial charge in [-0.3, -0.25) is 0 Å². The SMILES string of the molecule is CC[Si](CC)(CC)SCCCBr. The summed E-state index contributed by atoms with van der Waals surface area (Å²) in [7, 11) is -0.859. The number of rotatable bonds is 7. The lowest BCUT2D eigenvalue weighted by Crippen LogP contribution is -2.27. The largest absolute Gasteiger partial charge is 0.185 e. The molecule has 0 nitrogen and oxygen atoms in total. The van der Waals surface area contributed by atoms with Gasteiger partial charge < -0.3 is 0 Å². The zero-order valence-electron chi connectivity index (χ0n) is 8.53. The highest BCUT2D eigenvalue weighted by atomic mass is 79.9. The third-order valence-corrected chi connectivity index (χ3v) is 13.2. The van der Waals surface area contributed by atoms with Gasteiger partial charge in [0.05, 0.1) is 0 Å². The van der Waals surface area contributed by atoms with Crippen molar-refractivity contribution in [3.05, 3.63) is 0 Å². The smallest absolute Gasteiger partial charge is 0.116 e. The van der Waals surface area contributed by atoms with E-state index in [4.69, 9.17) is 0 Å². The van der Waals surface area contributed by atoms with Gasteiger partial charge in [-0.25, -0.2) is 0 Å². The molecule has 0 spiro atoms. The van der Waals surface area contributed by atoms with Gasteiger partial charge >= 0.3 is 0 Å². The molecule has 0 heterocycles. The van der Waals surface area contributed by atoms with E-state index in [1.54, 1.807) is 0 Å². The molecule has 0 saturated carbocycles. The summed E-state index contributed by atoms with van der Waals surface area (Å²) in [6, 6.07) is 4.35. The summed E-state index contributed by atoms with van der Waals surface area (Å²) < 4.78 is 0. The van der Waals surface area contributed by atoms with E-state index < -0.39 is 7.22 Å². The summed E-state index contributed by atoms with van der Waals surface area (Å²) in [6.45, 7) is 7.13. The Kier molecular flexibility index (Phi) is 8.10. The first-order valence-corrected chi connectivity index (χ1v) is 10.4. The second-order valence-electron chi connectivity index (χ2n) is 3.13. The van der Waals surface area contributed by atoms with Gasteiger partial charge in [-0.15, -0.1) is 0 Å². The van der Waals surface area contributed by atoms with Gasteiger partial charge in [0.15, 0.2) is 0 Å². The highest BCUT2D eigenvalue weighted by molar-refractivity contribution is 9.09. The molecule has 12 heavy (non-hydrogen) atoms. The highest BCUT2D eigenvalue weighted by Gasteiger charge is 2.26. The van der Waals surface area contributed by atoms with Crippen LogP contribution in [0.1, 0.15) is 27.2 Å². The molecule has 0 aliphatic rings. The fourth-order valence-corrected chi connectivity index (χ4v) is 8.45. The molecule has 0 saturated heterocycles. The van der Waals surface area contributed by atoms with Crippen LogP contribution in [0.5, 0.6) is 0 Å². The van der Waals surface area contributed by atoms with Crippen molar-refractivity contribution in [1.82, 2.24) is 0 Å². The van der Waals surface area contributed by atoms with Gasteiger partial charge in [0.2, 0.25) is 0 Å². The van der Waals surface area contributed by atoms with E-state index in [-0.39, 0.29) is 0 Å². The van der Waals surface area contributed by atoms with Crippen molar-refractivity contribution < 1.29 is 0 Å². The second-order valence-corrected chi connectivity index (χ2v) is 12.6. The Hall–Kier alpha value is 1.05. The summed E-state index contributed by atoms with van der Waals surface area (Å²) in [5.74, 6) is 1.37. The minimum absolute atomic E-state index is 0.859. The average molecular weight is 269 g/mol. The van der Waals surface area contributed by atoms with Crippen LogP contribution in [0.3, 0.4) is 0 Å². The van der Waals surface area contributed by atoms with Gasteiger partial charge in [0, 0.05) is 5.33 Å². The van der Waals surface area contributed by atoms with E-state index in [1.807, 2.05) is 0 Å². The van der Waals surface area contributed by atoms with E-state index >= 15 is 0 Å². The van der Waals surface area contributed by atoms with Gasteiger partial charge in [0.25, 0.3) is 0 Å². The van der Waals surface area contributed by atoms with E-state index in [1.165, 1.54) is 35.6 Å². The lowest BCUT2D eigenvalue weighted by Gasteiger charge is -2.26. The third kappa shape index (κ3) is 4.33. The lowest BCUT2D eigenvalue weighted by atomic mass is 10.6. The Labute approximate surface area is 90.7 Å². The molecule has 0 N–H and O–H groups in total. The van der Waals surface area contributed by atoms with Gasteiger partial charge in [0.1, 0.15) is 7.22 Å². The maximum Gasteiger partial charge on any atom is 0.116 e. The van der Waals surface area contributed by atoms with Gasteiger partial charge in [-0.2, -0.15) is 11.2 Å². The monoisotopic (exact) mass is 268 g/mol. The number of hydrogen-bond donors (Lipinski definition) is 0. The first-order valence-electron chi connectivity index (χ1n) is 4.94. The third-order valence-electron chi connectivity index (χ3n) is 2.62. The Morgan fingerprint density at radius 3 is 1.92 bits per heavy atom. The number of alkyl halides is 1. The van der Waals surface area contributed by atoms with Crippen LogP contribution in [0.15, 0.2) is 0 Å². The minimum atomic E-state index is -0.859. The van der Waals surface area contributed by atoms with Crippen LogP contribution in [0.2, 0.25) is 18.1 Å². The van der Waals surface area contributed by atoms with Gasteiger partial charge in [-0.1, -0.05) is 54.8 Å². The Morgan fingerprint density at radius 1 is 1.08 bits per heavy atom. The molecule has 74 valence electrons. The van der Waals surface area contributed by atoms with Crippen LogP contribution in [0, 0.1) is 0 Å². The maximum absolute atomic E-state index is 3.48. The zero-order valence-corrected chi connectivity index (χ0v) is 11.9. The fourth-order valence-electron chi connectivity index (χ4n) is 1.40. The highest BCUT2D eigenvalue weighted by Crippen LogP contribution is 2.32. The Morgan fingerprint density at radius 2 is 1.58 bits per heavy atom. The van der Waals surface area contributed by atoms with Crippen molar-refractivity contribution >= 4 is 34.4 Å². The predicted molar refractivity (Wildman–Crippen MR) is 68.1 cm³/mol. The summed E-state index contributed by atoms with van der Waals surface area (Å²) >= 11 is 5.79. The van der Waals surface area contributed by atoms with E-state index in [9.17, 15) is 0 Å². The zero-order chi connectivity index (χ0) is 9.45. The van der Waals surface area contributed by atoms with Crippen LogP contribution in [0.4, 0.5) is 0 Å². The maximum atomic E-state index is 3.48. The first kappa shape index (κ1) is 13.0. The average Bonchev–Trinajstić information content (AvgIpc) is 2.14. The summed E-state index contributed by atoms with van der Waals surface area (Å²) in [5.41, 5.74) is 0. The molecule has 0 aliphatic heterocycles. The molecule has 0 aromatic carbocycles. The molecular weight excluding hydrogens is 248 g/mol. The molecule has 0 rings (SSSR count). The lowest BCUT2D eigenvalue weighted by molar-refractivity contribution is 1.14. The molecular formula is C9H21BrSSi. The molecule has 0 aromatic rings. The quantitative estimate of drug-likeness (QED) is 0.372. The first-order chi connectivity index (χ1) is 5.74. The van der Waals surface area contributed by atoms with Crippen molar-refractivity contribution in [2.75, 3.05) is 11.1 Å². The van der Waals surface area contributed by atoms with Crippen LogP contribution in [0.25, 0.3) is 0 Å². The van der Waals surface area contributed by atoms with E-state index in [0.717, 1.165) is 0 Å². The van der Waals surface area contributed by atoms with Crippen molar-refractivity contribution in [1.29, 1.82) is 0 Å². The second kappa shape index (κ2) is 7.45. The van der Waals surface area contributed by atoms with Crippen LogP contribution in [-0.2, 0) is 0 Å². The number of hydrogen-bond acceptors (Lipinski definition) is 1. The molecule has 0 aliphatic carbocycles.